The van der Waals surface area contributed by atoms with Crippen LogP contribution in [0.15, 0.2) is 60.7 Å². The molecule has 0 spiro atoms. The number of rotatable bonds is 6. The van der Waals surface area contributed by atoms with Crippen LogP contribution >= 0.6 is 0 Å². The average molecular weight is 460 g/mol. The van der Waals surface area contributed by atoms with Gasteiger partial charge in [-0.05, 0) is 46.9 Å². The Balaban J connectivity index is 1.40. The molecule has 3 aromatic rings. The van der Waals surface area contributed by atoms with Crippen molar-refractivity contribution in [3.8, 4) is 16.9 Å². The molecule has 0 saturated carbocycles. The highest BCUT2D eigenvalue weighted by Gasteiger charge is 2.33. The van der Waals surface area contributed by atoms with E-state index in [0.717, 1.165) is 23.3 Å². The van der Waals surface area contributed by atoms with Crippen LogP contribution in [0.25, 0.3) is 11.1 Å². The van der Waals surface area contributed by atoms with Crippen LogP contribution in [-0.4, -0.2) is 35.8 Å². The van der Waals surface area contributed by atoms with Gasteiger partial charge in [-0.3, -0.25) is 4.90 Å². The van der Waals surface area contributed by atoms with Crippen LogP contribution in [0.4, 0.5) is 23.2 Å². The molecule has 0 fully saturated rings. The normalized spacial score (nSPS) is 15.2. The zero-order valence-electron chi connectivity index (χ0n) is 17.8. The second kappa shape index (κ2) is 9.41. The van der Waals surface area contributed by atoms with Crippen molar-refractivity contribution in [2.75, 3.05) is 25.4 Å². The SMILES string of the molecule is Nc1ccc(OCC(O)CN2CCc3cc(-c4ccccc4C(F)(F)F)ccc3C2)c(F)c1. The highest BCUT2D eigenvalue weighted by Crippen LogP contribution is 2.37. The highest BCUT2D eigenvalue weighted by molar-refractivity contribution is 5.69. The number of aliphatic hydroxyl groups is 1. The Bertz CT molecular complexity index is 1130. The lowest BCUT2D eigenvalue weighted by Gasteiger charge is -2.30. The zero-order valence-corrected chi connectivity index (χ0v) is 17.8. The van der Waals surface area contributed by atoms with E-state index in [1.54, 1.807) is 12.1 Å². The first-order chi connectivity index (χ1) is 15.7. The number of β-amino-alcohol motifs (C(OH)–C–C–N with tert-alkyl or cyclic N) is 1. The minimum absolute atomic E-state index is 0.0268. The van der Waals surface area contributed by atoms with E-state index in [4.69, 9.17) is 10.5 Å². The molecule has 0 amide bonds. The second-order valence-electron chi connectivity index (χ2n) is 8.17. The zero-order chi connectivity index (χ0) is 23.6. The van der Waals surface area contributed by atoms with E-state index >= 15 is 0 Å². The number of nitrogen functional groups attached to an aromatic ring is 1. The number of hydrogen-bond donors (Lipinski definition) is 2. The summed E-state index contributed by atoms with van der Waals surface area (Å²) in [6.45, 7) is 1.46. The summed E-state index contributed by atoms with van der Waals surface area (Å²) < 4.78 is 59.3. The minimum atomic E-state index is -4.42. The monoisotopic (exact) mass is 460 g/mol. The Morgan fingerprint density at radius 1 is 1.03 bits per heavy atom. The molecule has 174 valence electrons. The molecular formula is C25H24F4N2O2. The molecule has 1 aliphatic heterocycles. The van der Waals surface area contributed by atoms with Gasteiger partial charge in [0.1, 0.15) is 12.7 Å². The Morgan fingerprint density at radius 2 is 1.82 bits per heavy atom. The maximum Gasteiger partial charge on any atom is 0.417 e. The van der Waals surface area contributed by atoms with Crippen LogP contribution in [-0.2, 0) is 19.1 Å². The quantitative estimate of drug-likeness (QED) is 0.406. The molecule has 1 heterocycles. The predicted octanol–water partition coefficient (Wildman–Crippen LogP) is 4.89. The van der Waals surface area contributed by atoms with E-state index in [1.807, 2.05) is 17.0 Å². The van der Waals surface area contributed by atoms with Gasteiger partial charge in [0.05, 0.1) is 5.56 Å². The first-order valence-corrected chi connectivity index (χ1v) is 10.6. The smallest absolute Gasteiger partial charge is 0.417 e. The summed E-state index contributed by atoms with van der Waals surface area (Å²) in [6.07, 6.45) is -4.60. The van der Waals surface area contributed by atoms with Gasteiger partial charge in [0.25, 0.3) is 0 Å². The number of nitrogens with two attached hydrogens (primary N) is 1. The Labute approximate surface area is 189 Å². The van der Waals surface area contributed by atoms with Gasteiger partial charge in [-0.25, -0.2) is 4.39 Å². The molecule has 1 aliphatic rings. The summed E-state index contributed by atoms with van der Waals surface area (Å²) in [5.74, 6) is -0.559. The van der Waals surface area contributed by atoms with E-state index in [9.17, 15) is 22.7 Å². The first-order valence-electron chi connectivity index (χ1n) is 10.6. The molecule has 0 aliphatic carbocycles. The van der Waals surface area contributed by atoms with E-state index in [2.05, 4.69) is 0 Å². The van der Waals surface area contributed by atoms with Crippen LogP contribution in [0.5, 0.6) is 5.75 Å². The van der Waals surface area contributed by atoms with Crippen molar-refractivity contribution in [1.29, 1.82) is 0 Å². The van der Waals surface area contributed by atoms with Gasteiger partial charge in [0, 0.05) is 31.4 Å². The molecular weight excluding hydrogens is 436 g/mol. The highest BCUT2D eigenvalue weighted by atomic mass is 19.4. The third-order valence-electron chi connectivity index (χ3n) is 5.70. The van der Waals surface area contributed by atoms with E-state index in [0.29, 0.717) is 31.6 Å². The van der Waals surface area contributed by atoms with Gasteiger partial charge in [-0.1, -0.05) is 36.4 Å². The van der Waals surface area contributed by atoms with Crippen LogP contribution in [0.3, 0.4) is 0 Å². The summed E-state index contributed by atoms with van der Waals surface area (Å²) >= 11 is 0. The number of hydrogen-bond acceptors (Lipinski definition) is 4. The van der Waals surface area contributed by atoms with Gasteiger partial charge in [-0.2, -0.15) is 13.2 Å². The average Bonchev–Trinajstić information content (AvgIpc) is 2.77. The number of nitrogens with zero attached hydrogens (tertiary/aromatic N) is 1. The minimum Gasteiger partial charge on any atom is -0.488 e. The molecule has 4 nitrogen and oxygen atoms in total. The molecule has 33 heavy (non-hydrogen) atoms. The first kappa shape index (κ1) is 23.1. The number of fused-ring (bicyclic) bond motifs is 1. The third kappa shape index (κ3) is 5.46. The second-order valence-corrected chi connectivity index (χ2v) is 8.17. The molecule has 0 saturated heterocycles. The summed E-state index contributed by atoms with van der Waals surface area (Å²) in [5, 5.41) is 10.3. The standard InChI is InChI=1S/C25H24F4N2O2/c26-23-12-19(30)7-8-24(23)33-15-20(32)14-31-10-9-16-11-17(5-6-18(16)13-31)21-3-1-2-4-22(21)25(27,28)29/h1-8,11-12,20,32H,9-10,13-15,30H2. The lowest BCUT2D eigenvalue weighted by molar-refractivity contribution is -0.137. The van der Waals surface area contributed by atoms with E-state index < -0.39 is 23.7 Å². The summed E-state index contributed by atoms with van der Waals surface area (Å²) in [7, 11) is 0. The number of benzene rings is 3. The number of halogens is 4. The summed E-state index contributed by atoms with van der Waals surface area (Å²) in [5.41, 5.74) is 7.86. The number of alkyl halides is 3. The molecule has 0 aromatic heterocycles. The predicted molar refractivity (Wildman–Crippen MR) is 118 cm³/mol. The number of aliphatic hydroxyl groups excluding tert-OH is 1. The van der Waals surface area contributed by atoms with Gasteiger partial charge < -0.3 is 15.6 Å². The van der Waals surface area contributed by atoms with Gasteiger partial charge in [-0.15, -0.1) is 0 Å². The summed E-state index contributed by atoms with van der Waals surface area (Å²) in [6, 6.07) is 15.0. The Hall–Kier alpha value is -3.10. The van der Waals surface area contributed by atoms with Crippen molar-refractivity contribution >= 4 is 5.69 Å². The van der Waals surface area contributed by atoms with Crippen molar-refractivity contribution < 1.29 is 27.4 Å². The molecule has 8 heteroatoms. The van der Waals surface area contributed by atoms with Crippen molar-refractivity contribution in [2.24, 2.45) is 0 Å². The molecule has 3 aromatic carbocycles. The molecule has 0 bridgehead atoms. The largest absolute Gasteiger partial charge is 0.488 e. The number of anilines is 1. The molecule has 1 atom stereocenters. The van der Waals surface area contributed by atoms with Crippen molar-refractivity contribution in [2.45, 2.75) is 25.2 Å². The molecule has 3 N–H and O–H groups in total. The Morgan fingerprint density at radius 3 is 2.58 bits per heavy atom. The van der Waals surface area contributed by atoms with Gasteiger partial charge in [0.15, 0.2) is 11.6 Å². The lowest BCUT2D eigenvalue weighted by Crippen LogP contribution is -2.38. The Kier molecular flexibility index (Phi) is 6.58. The van der Waals surface area contributed by atoms with Gasteiger partial charge >= 0.3 is 6.18 Å². The maximum atomic E-state index is 13.8. The van der Waals surface area contributed by atoms with E-state index in [-0.39, 0.29) is 23.6 Å². The van der Waals surface area contributed by atoms with Gasteiger partial charge in [0.2, 0.25) is 0 Å². The van der Waals surface area contributed by atoms with Crippen LogP contribution in [0, 0.1) is 5.82 Å². The lowest BCUT2D eigenvalue weighted by atomic mass is 9.92. The van der Waals surface area contributed by atoms with Crippen molar-refractivity contribution in [3.05, 3.63) is 83.2 Å². The van der Waals surface area contributed by atoms with Crippen LogP contribution in [0.2, 0.25) is 0 Å². The van der Waals surface area contributed by atoms with Crippen LogP contribution in [0.1, 0.15) is 16.7 Å². The molecule has 1 unspecified atom stereocenters. The third-order valence-corrected chi connectivity index (χ3v) is 5.70. The fraction of sp³-hybridized carbons (Fsp3) is 0.280. The fourth-order valence-corrected chi connectivity index (χ4v) is 4.09. The van der Waals surface area contributed by atoms with Crippen molar-refractivity contribution in [3.63, 3.8) is 0 Å². The summed E-state index contributed by atoms with van der Waals surface area (Å²) in [4.78, 5) is 2.04. The topological polar surface area (TPSA) is 58.7 Å². The number of ether oxygens (including phenoxy) is 1. The fourth-order valence-electron chi connectivity index (χ4n) is 4.09. The molecule has 0 radical (unpaired) electrons. The van der Waals surface area contributed by atoms with Crippen LogP contribution < -0.4 is 10.5 Å². The van der Waals surface area contributed by atoms with Crippen molar-refractivity contribution in [1.82, 2.24) is 4.90 Å². The molecule has 4 rings (SSSR count). The maximum absolute atomic E-state index is 13.8. The van der Waals surface area contributed by atoms with E-state index in [1.165, 1.54) is 24.3 Å².